The van der Waals surface area contributed by atoms with Gasteiger partial charge in [0.25, 0.3) is 0 Å². The van der Waals surface area contributed by atoms with Crippen LogP contribution in [0.25, 0.3) is 0 Å². The Morgan fingerprint density at radius 3 is 2.21 bits per heavy atom. The number of hydrogen-bond acceptors (Lipinski definition) is 6. The summed E-state index contributed by atoms with van der Waals surface area (Å²) in [4.78, 5) is 17.5. The van der Waals surface area contributed by atoms with Gasteiger partial charge in [-0.25, -0.2) is 8.42 Å². The Morgan fingerprint density at radius 2 is 1.62 bits per heavy atom. The third-order valence-corrected chi connectivity index (χ3v) is 11.5. The maximum atomic E-state index is 13.2. The molecule has 2 aliphatic rings. The van der Waals surface area contributed by atoms with Gasteiger partial charge in [-0.15, -0.1) is 0 Å². The van der Waals surface area contributed by atoms with Gasteiger partial charge in [0.1, 0.15) is 12.4 Å². The van der Waals surface area contributed by atoms with Crippen LogP contribution in [-0.2, 0) is 25.1 Å². The molecule has 8 nitrogen and oxygen atoms in total. The minimum Gasteiger partial charge on any atom is -0.497 e. The van der Waals surface area contributed by atoms with Crippen molar-refractivity contribution in [2.75, 3.05) is 60.6 Å². The smallest absolute Gasteiger partial charge is 0.248 e. The lowest BCUT2D eigenvalue weighted by atomic mass is 9.71. The van der Waals surface area contributed by atoms with Crippen LogP contribution in [0.5, 0.6) is 5.75 Å². The summed E-state index contributed by atoms with van der Waals surface area (Å²) in [5, 5.41) is 0. The van der Waals surface area contributed by atoms with Crippen molar-refractivity contribution in [2.45, 2.75) is 69.2 Å². The first kappa shape index (κ1) is 32.5. The zero-order valence-electron chi connectivity index (χ0n) is 26.1. The molecule has 0 spiro atoms. The zero-order chi connectivity index (χ0) is 30.3. The minimum absolute atomic E-state index is 0.0538. The molecule has 2 aromatic carbocycles. The van der Waals surface area contributed by atoms with E-state index in [1.165, 1.54) is 68.5 Å². The summed E-state index contributed by atoms with van der Waals surface area (Å²) in [5.74, 6) is 1.17. The highest BCUT2D eigenvalue weighted by Gasteiger charge is 2.42. The molecule has 0 N–H and O–H groups in total. The van der Waals surface area contributed by atoms with Crippen molar-refractivity contribution in [2.24, 2.45) is 5.92 Å². The monoisotopic (exact) mass is 599 g/mol. The van der Waals surface area contributed by atoms with Gasteiger partial charge in [0, 0.05) is 32.7 Å². The van der Waals surface area contributed by atoms with Crippen LogP contribution in [0.4, 0.5) is 0 Å². The Labute approximate surface area is 253 Å². The molecule has 1 saturated carbocycles. The molecule has 0 atom stereocenters. The van der Waals surface area contributed by atoms with Crippen LogP contribution in [0.1, 0.15) is 61.6 Å². The second-order valence-electron chi connectivity index (χ2n) is 12.1. The van der Waals surface area contributed by atoms with E-state index in [0.29, 0.717) is 29.3 Å². The van der Waals surface area contributed by atoms with Crippen LogP contribution in [0.2, 0.25) is 0 Å². The maximum absolute atomic E-state index is 13.2. The van der Waals surface area contributed by atoms with Crippen LogP contribution >= 0.6 is 0 Å². The first-order chi connectivity index (χ1) is 20.1. The number of benzene rings is 2. The molecule has 1 aliphatic carbocycles. The van der Waals surface area contributed by atoms with E-state index in [4.69, 9.17) is 9.47 Å². The largest absolute Gasteiger partial charge is 0.497 e. The van der Waals surface area contributed by atoms with Crippen molar-refractivity contribution in [1.82, 2.24) is 14.1 Å². The number of methoxy groups -OCH3 is 1. The average Bonchev–Trinajstić information content (AvgIpc) is 3.54. The SMILES string of the molecule is COc1cc(C)c(S(=O)(=O)N(C)CCOCC(=O)N(C)CCC2CCC(c3ccccc3)(N3CCCC3)CC2)c(C)c1. The van der Waals surface area contributed by atoms with Gasteiger partial charge in [0.2, 0.25) is 15.9 Å². The van der Waals surface area contributed by atoms with Gasteiger partial charge in [-0.1, -0.05) is 30.3 Å². The first-order valence-electron chi connectivity index (χ1n) is 15.3. The number of likely N-dealkylation sites (N-methyl/N-ethyl adjacent to an activating group) is 2. The van der Waals surface area contributed by atoms with Gasteiger partial charge in [0.05, 0.1) is 18.6 Å². The molecule has 9 heteroatoms. The molecule has 1 heterocycles. The van der Waals surface area contributed by atoms with Crippen molar-refractivity contribution in [1.29, 1.82) is 0 Å². The fourth-order valence-corrected chi connectivity index (χ4v) is 8.36. The van der Waals surface area contributed by atoms with Crippen molar-refractivity contribution in [3.8, 4) is 5.75 Å². The van der Waals surface area contributed by atoms with E-state index in [2.05, 4.69) is 35.2 Å². The Bertz CT molecular complexity index is 1260. The van der Waals surface area contributed by atoms with Crippen molar-refractivity contribution in [3.05, 3.63) is 59.2 Å². The summed E-state index contributed by atoms with van der Waals surface area (Å²) in [6, 6.07) is 14.5. The molecule has 232 valence electrons. The van der Waals surface area contributed by atoms with Gasteiger partial charge < -0.3 is 14.4 Å². The van der Waals surface area contributed by atoms with Crippen molar-refractivity contribution in [3.63, 3.8) is 0 Å². The van der Waals surface area contributed by atoms with E-state index in [9.17, 15) is 13.2 Å². The number of aryl methyl sites for hydroxylation is 2. The fourth-order valence-electron chi connectivity index (χ4n) is 6.80. The molecule has 0 unspecified atom stereocenters. The molecule has 0 radical (unpaired) electrons. The summed E-state index contributed by atoms with van der Waals surface area (Å²) in [5.41, 5.74) is 2.89. The molecule has 42 heavy (non-hydrogen) atoms. The Hall–Kier alpha value is -2.46. The molecule has 2 aromatic rings. The Balaban J connectivity index is 1.20. The van der Waals surface area contributed by atoms with E-state index in [-0.39, 0.29) is 36.1 Å². The molecule has 0 bridgehead atoms. The lowest BCUT2D eigenvalue weighted by molar-refractivity contribution is -0.135. The third kappa shape index (κ3) is 7.36. The van der Waals surface area contributed by atoms with Gasteiger partial charge in [0.15, 0.2) is 0 Å². The number of carbonyl (C=O) groups excluding carboxylic acids is 1. The summed E-state index contributed by atoms with van der Waals surface area (Å²) < 4.78 is 38.5. The van der Waals surface area contributed by atoms with E-state index in [1.807, 2.05) is 7.05 Å². The maximum Gasteiger partial charge on any atom is 0.248 e. The van der Waals surface area contributed by atoms with Crippen molar-refractivity contribution >= 4 is 15.9 Å². The number of rotatable bonds is 13. The minimum atomic E-state index is -3.70. The molecule has 1 saturated heterocycles. The van der Waals surface area contributed by atoms with Crippen LogP contribution in [0.3, 0.4) is 0 Å². The fraction of sp³-hybridized carbons (Fsp3) is 0.606. The summed E-state index contributed by atoms with van der Waals surface area (Å²) in [6.45, 7) is 6.87. The lowest BCUT2D eigenvalue weighted by Crippen LogP contribution is -2.47. The Kier molecular flexibility index (Phi) is 11.1. The molecule has 4 rings (SSSR count). The summed E-state index contributed by atoms with van der Waals surface area (Å²) >= 11 is 0. The van der Waals surface area contributed by atoms with Crippen LogP contribution in [0, 0.1) is 19.8 Å². The number of hydrogen-bond donors (Lipinski definition) is 0. The molecule has 0 aromatic heterocycles. The third-order valence-electron chi connectivity index (χ3n) is 9.37. The zero-order valence-corrected chi connectivity index (χ0v) is 26.9. The molecule has 1 aliphatic heterocycles. The van der Waals surface area contributed by atoms with Gasteiger partial charge in [-0.05, 0) is 107 Å². The van der Waals surface area contributed by atoms with Gasteiger partial charge >= 0.3 is 0 Å². The number of sulfonamides is 1. The second kappa shape index (κ2) is 14.3. The number of nitrogens with zero attached hydrogens (tertiary/aromatic N) is 3. The number of ether oxygens (including phenoxy) is 2. The summed E-state index contributed by atoms with van der Waals surface area (Å²) in [7, 11) is 1.24. The normalized spacial score (nSPS) is 21.5. The van der Waals surface area contributed by atoms with E-state index < -0.39 is 10.0 Å². The second-order valence-corrected chi connectivity index (χ2v) is 14.1. The predicted molar refractivity (Wildman–Crippen MR) is 166 cm³/mol. The first-order valence-corrected chi connectivity index (χ1v) is 16.8. The standard InChI is InChI=1S/C33H49N3O5S/c1-26-23-30(40-5)24-27(2)32(26)42(38,39)35(4)21-22-41-25-31(37)34(3)20-15-28-13-16-33(17-14-28,36-18-9-10-19-36)29-11-7-6-8-12-29/h6-8,11-12,23-24,28H,9-10,13-22,25H2,1-5H3. The van der Waals surface area contributed by atoms with Crippen LogP contribution in [0.15, 0.2) is 47.4 Å². The Morgan fingerprint density at radius 1 is 1.00 bits per heavy atom. The molecule has 1 amide bonds. The number of amides is 1. The number of likely N-dealkylation sites (tertiary alicyclic amines) is 1. The lowest BCUT2D eigenvalue weighted by Gasteiger charge is -2.47. The quantitative estimate of drug-likeness (QED) is 0.302. The van der Waals surface area contributed by atoms with Crippen molar-refractivity contribution < 1.29 is 22.7 Å². The highest BCUT2D eigenvalue weighted by molar-refractivity contribution is 7.89. The predicted octanol–water partition coefficient (Wildman–Crippen LogP) is 4.98. The number of carbonyl (C=O) groups is 1. The van der Waals surface area contributed by atoms with E-state index >= 15 is 0 Å². The molecular formula is C33H49N3O5S. The molecule has 2 fully saturated rings. The summed E-state index contributed by atoms with van der Waals surface area (Å²) in [6.07, 6.45) is 8.29. The average molecular weight is 600 g/mol. The van der Waals surface area contributed by atoms with E-state index in [1.54, 1.807) is 38.0 Å². The molecular weight excluding hydrogens is 550 g/mol. The van der Waals surface area contributed by atoms with Gasteiger partial charge in [-0.2, -0.15) is 4.31 Å². The van der Waals surface area contributed by atoms with E-state index in [0.717, 1.165) is 6.42 Å². The van der Waals surface area contributed by atoms with Crippen LogP contribution in [-0.4, -0.2) is 89.0 Å². The van der Waals surface area contributed by atoms with Crippen LogP contribution < -0.4 is 4.74 Å². The van der Waals surface area contributed by atoms with Gasteiger partial charge in [-0.3, -0.25) is 9.69 Å². The topological polar surface area (TPSA) is 79.4 Å². The highest BCUT2D eigenvalue weighted by atomic mass is 32.2. The highest BCUT2D eigenvalue weighted by Crippen LogP contribution is 2.46.